The number of benzene rings is 5. The van der Waals surface area contributed by atoms with Crippen LogP contribution in [0, 0.1) is 13.8 Å². The number of aryl methyl sites for hydroxylation is 2. The van der Waals surface area contributed by atoms with Crippen LogP contribution in [0.5, 0.6) is 5.75 Å². The van der Waals surface area contributed by atoms with Crippen molar-refractivity contribution in [2.75, 3.05) is 26.3 Å². The second-order valence-corrected chi connectivity index (χ2v) is 13.5. The Hall–Kier alpha value is -5.96. The Labute approximate surface area is 310 Å². The number of pyridine rings is 1. The molecule has 53 heavy (non-hydrogen) atoms. The van der Waals surface area contributed by atoms with Gasteiger partial charge in [-0.2, -0.15) is 0 Å². The van der Waals surface area contributed by atoms with E-state index in [9.17, 15) is 0 Å². The Kier molecular flexibility index (Phi) is 9.88. The van der Waals surface area contributed by atoms with Gasteiger partial charge in [-0.15, -0.1) is 15.0 Å². The van der Waals surface area contributed by atoms with Gasteiger partial charge in [-0.05, 0) is 58.5 Å². The average molecular weight is 699 g/mol. The first-order chi connectivity index (χ1) is 26.1. The zero-order valence-corrected chi connectivity index (χ0v) is 30.1. The van der Waals surface area contributed by atoms with Crippen LogP contribution in [-0.2, 0) is 23.4 Å². The van der Waals surface area contributed by atoms with Crippen LogP contribution < -0.4 is 4.74 Å². The largest absolute Gasteiger partial charge is 0.488 e. The Morgan fingerprint density at radius 2 is 1.26 bits per heavy atom. The molecule has 1 fully saturated rings. The maximum atomic E-state index is 6.64. The average Bonchev–Trinajstić information content (AvgIpc) is 3.71. The zero-order valence-electron chi connectivity index (χ0n) is 30.1. The highest BCUT2D eigenvalue weighted by Gasteiger charge is 2.41. The molecular formula is C45H42N6O2. The maximum Gasteiger partial charge on any atom is 0.205 e. The number of nitrogens with zero attached hydrogens (tertiary/aromatic N) is 6. The minimum Gasteiger partial charge on any atom is -0.488 e. The molecule has 1 saturated heterocycles. The number of tetrazole rings is 1. The smallest absolute Gasteiger partial charge is 0.205 e. The van der Waals surface area contributed by atoms with E-state index in [0.29, 0.717) is 12.4 Å². The summed E-state index contributed by atoms with van der Waals surface area (Å²) in [5.41, 5.74) is 9.21. The number of hydrogen-bond acceptors (Lipinski definition) is 7. The van der Waals surface area contributed by atoms with Crippen molar-refractivity contribution >= 4 is 0 Å². The molecule has 0 N–H and O–H groups in total. The molecule has 3 heterocycles. The summed E-state index contributed by atoms with van der Waals surface area (Å²) in [4.78, 5) is 8.96. The number of ether oxygens (including phenoxy) is 2. The van der Waals surface area contributed by atoms with Crippen LogP contribution >= 0.6 is 0 Å². The molecule has 264 valence electrons. The van der Waals surface area contributed by atoms with Gasteiger partial charge in [-0.25, -0.2) is 0 Å². The Bertz CT molecular complexity index is 2170. The summed E-state index contributed by atoms with van der Waals surface area (Å²) in [5, 5.41) is 14.9. The molecule has 0 bridgehead atoms. The number of morpholine rings is 1. The summed E-state index contributed by atoms with van der Waals surface area (Å²) in [7, 11) is 0. The molecular weight excluding hydrogens is 657 g/mol. The van der Waals surface area contributed by atoms with Crippen molar-refractivity contribution in [1.29, 1.82) is 0 Å². The number of hydrogen-bond donors (Lipinski definition) is 0. The number of aromatic nitrogens is 5. The van der Waals surface area contributed by atoms with E-state index >= 15 is 0 Å². The molecule has 8 nitrogen and oxygen atoms in total. The molecule has 0 spiro atoms. The van der Waals surface area contributed by atoms with Gasteiger partial charge in [0.2, 0.25) is 5.82 Å². The summed E-state index contributed by atoms with van der Waals surface area (Å²) < 4.78 is 12.2. The lowest BCUT2D eigenvalue weighted by atomic mass is 9.77. The van der Waals surface area contributed by atoms with Crippen molar-refractivity contribution in [3.63, 3.8) is 0 Å². The standard InChI is InChI=1S/C45H42N6O2/c1-33-29-43(42(34(2)46-33)31-50-25-27-52-28-26-50)53-32-35-23-24-40(36-15-7-3-8-16-36)41(30-35)44-47-49-51(48-44)45(37-17-9-4-10-18-37,38-19-11-5-12-20-38)39-21-13-6-14-22-39/h3-24,29-30H,25-28,31-32H2,1-2H3. The van der Waals surface area contributed by atoms with Gasteiger partial charge in [0.1, 0.15) is 12.4 Å². The first-order valence-electron chi connectivity index (χ1n) is 18.2. The van der Waals surface area contributed by atoms with Gasteiger partial charge in [0.15, 0.2) is 5.54 Å². The molecule has 0 amide bonds. The summed E-state index contributed by atoms with van der Waals surface area (Å²) >= 11 is 0. The third kappa shape index (κ3) is 6.99. The summed E-state index contributed by atoms with van der Waals surface area (Å²) in [5.74, 6) is 1.39. The van der Waals surface area contributed by atoms with E-state index in [1.165, 1.54) is 0 Å². The molecule has 8 rings (SSSR count). The van der Waals surface area contributed by atoms with E-state index in [2.05, 4.69) is 127 Å². The highest BCUT2D eigenvalue weighted by atomic mass is 16.5. The van der Waals surface area contributed by atoms with Gasteiger partial charge >= 0.3 is 0 Å². The van der Waals surface area contributed by atoms with E-state index in [-0.39, 0.29) is 0 Å². The van der Waals surface area contributed by atoms with Crippen LogP contribution in [0.1, 0.15) is 39.2 Å². The van der Waals surface area contributed by atoms with E-state index in [1.807, 2.05) is 37.3 Å². The third-order valence-electron chi connectivity index (χ3n) is 10.00. The fourth-order valence-electron chi connectivity index (χ4n) is 7.37. The SMILES string of the molecule is Cc1cc(OCc2ccc(-c3ccccc3)c(-c3nnn(C(c4ccccc4)(c4ccccc4)c4ccccc4)n3)c2)c(CN2CCOCC2)c(C)n1. The predicted octanol–water partition coefficient (Wildman–Crippen LogP) is 8.27. The predicted molar refractivity (Wildman–Crippen MR) is 207 cm³/mol. The highest BCUT2D eigenvalue weighted by molar-refractivity contribution is 5.81. The summed E-state index contributed by atoms with van der Waals surface area (Å²) in [6.07, 6.45) is 0. The highest BCUT2D eigenvalue weighted by Crippen LogP contribution is 2.40. The van der Waals surface area contributed by atoms with E-state index in [0.717, 1.165) is 94.5 Å². The van der Waals surface area contributed by atoms with Crippen molar-refractivity contribution in [3.05, 3.63) is 185 Å². The van der Waals surface area contributed by atoms with Gasteiger partial charge in [-0.1, -0.05) is 133 Å². The lowest BCUT2D eigenvalue weighted by molar-refractivity contribution is 0.0336. The second-order valence-electron chi connectivity index (χ2n) is 13.5. The molecule has 1 aliphatic rings. The topological polar surface area (TPSA) is 78.2 Å². The molecule has 8 heteroatoms. The van der Waals surface area contributed by atoms with E-state index in [1.54, 1.807) is 4.80 Å². The number of rotatable bonds is 11. The van der Waals surface area contributed by atoms with Crippen LogP contribution in [0.15, 0.2) is 146 Å². The molecule has 7 aromatic rings. The summed E-state index contributed by atoms with van der Waals surface area (Å²) in [6.45, 7) is 8.50. The molecule has 0 saturated carbocycles. The van der Waals surface area contributed by atoms with Crippen molar-refractivity contribution in [1.82, 2.24) is 30.1 Å². The second kappa shape index (κ2) is 15.3. The van der Waals surface area contributed by atoms with E-state index in [4.69, 9.17) is 29.9 Å². The normalized spacial score (nSPS) is 13.5. The maximum absolute atomic E-state index is 6.64. The van der Waals surface area contributed by atoms with Crippen molar-refractivity contribution in [2.24, 2.45) is 0 Å². The molecule has 0 aliphatic carbocycles. The van der Waals surface area contributed by atoms with Crippen molar-refractivity contribution < 1.29 is 9.47 Å². The minimum absolute atomic E-state index is 0.372. The molecule has 1 aliphatic heterocycles. The molecule has 0 unspecified atom stereocenters. The minimum atomic E-state index is -0.878. The van der Waals surface area contributed by atoms with Crippen LogP contribution in [0.3, 0.4) is 0 Å². The van der Waals surface area contributed by atoms with Crippen LogP contribution in [0.4, 0.5) is 0 Å². The lowest BCUT2D eigenvalue weighted by Gasteiger charge is -2.34. The van der Waals surface area contributed by atoms with Crippen LogP contribution in [-0.4, -0.2) is 56.4 Å². The van der Waals surface area contributed by atoms with Crippen LogP contribution in [0.2, 0.25) is 0 Å². The van der Waals surface area contributed by atoms with Gasteiger partial charge in [0.05, 0.1) is 13.2 Å². The first kappa shape index (κ1) is 34.1. The Morgan fingerprint density at radius 1 is 0.679 bits per heavy atom. The molecule has 0 atom stereocenters. The first-order valence-corrected chi connectivity index (χ1v) is 18.2. The fraction of sp³-hybridized carbons (Fsp3) is 0.200. The monoisotopic (exact) mass is 698 g/mol. The zero-order chi connectivity index (χ0) is 36.0. The van der Waals surface area contributed by atoms with Gasteiger partial charge in [-0.3, -0.25) is 9.88 Å². The fourth-order valence-corrected chi connectivity index (χ4v) is 7.37. The molecule has 5 aromatic carbocycles. The third-order valence-corrected chi connectivity index (χ3v) is 10.00. The molecule has 2 aromatic heterocycles. The quantitative estimate of drug-likeness (QED) is 0.126. The molecule has 0 radical (unpaired) electrons. The van der Waals surface area contributed by atoms with Gasteiger partial charge < -0.3 is 9.47 Å². The van der Waals surface area contributed by atoms with Crippen molar-refractivity contribution in [2.45, 2.75) is 32.5 Å². The Morgan fingerprint density at radius 3 is 1.87 bits per heavy atom. The van der Waals surface area contributed by atoms with Crippen LogP contribution in [0.25, 0.3) is 22.5 Å². The van der Waals surface area contributed by atoms with Crippen molar-refractivity contribution in [3.8, 4) is 28.3 Å². The Balaban J connectivity index is 1.21. The van der Waals surface area contributed by atoms with Gasteiger partial charge in [0.25, 0.3) is 0 Å². The summed E-state index contributed by atoms with van der Waals surface area (Å²) in [6, 6.07) is 50.0. The van der Waals surface area contributed by atoms with Gasteiger partial charge in [0, 0.05) is 48.2 Å². The lowest BCUT2D eigenvalue weighted by Crippen LogP contribution is -2.39. The van der Waals surface area contributed by atoms with E-state index < -0.39 is 5.54 Å².